The van der Waals surface area contributed by atoms with Crippen LogP contribution >= 0.6 is 0 Å². The lowest BCUT2D eigenvalue weighted by molar-refractivity contribution is 0.298. The first kappa shape index (κ1) is 14.6. The minimum absolute atomic E-state index is 0.830. The van der Waals surface area contributed by atoms with Crippen LogP contribution in [0.25, 0.3) is 0 Å². The maximum atomic E-state index is 4.59. The highest BCUT2D eigenvalue weighted by atomic mass is 15.3. The first-order chi connectivity index (χ1) is 9.24. The van der Waals surface area contributed by atoms with E-state index in [1.54, 1.807) is 0 Å². The molecule has 0 aliphatic heterocycles. The van der Waals surface area contributed by atoms with E-state index >= 15 is 0 Å². The first-order valence-electron chi connectivity index (χ1n) is 7.92. The topological polar surface area (TPSA) is 29.9 Å². The molecule has 0 aromatic carbocycles. The molecule has 1 saturated carbocycles. The average molecular weight is 263 g/mol. The number of aryl methyl sites for hydroxylation is 2. The van der Waals surface area contributed by atoms with Gasteiger partial charge in [-0.3, -0.25) is 4.68 Å². The number of nitrogens with one attached hydrogen (secondary N) is 1. The van der Waals surface area contributed by atoms with Crippen LogP contribution in [0.3, 0.4) is 0 Å². The molecule has 0 radical (unpaired) electrons. The summed E-state index contributed by atoms with van der Waals surface area (Å²) in [5.41, 5.74) is 2.60. The lowest BCUT2D eigenvalue weighted by Gasteiger charge is -2.25. The molecule has 19 heavy (non-hydrogen) atoms. The maximum Gasteiger partial charge on any atom is 0.0596 e. The van der Waals surface area contributed by atoms with Gasteiger partial charge in [-0.05, 0) is 64.6 Å². The van der Waals surface area contributed by atoms with Crippen molar-refractivity contribution in [3.8, 4) is 0 Å². The highest BCUT2D eigenvalue weighted by molar-refractivity contribution is 5.10. The fraction of sp³-hybridized carbons (Fsp3) is 0.812. The molecule has 3 heteroatoms. The van der Waals surface area contributed by atoms with Gasteiger partial charge in [-0.1, -0.05) is 19.3 Å². The lowest BCUT2D eigenvalue weighted by atomic mass is 9.84. The fourth-order valence-electron chi connectivity index (χ4n) is 3.57. The van der Waals surface area contributed by atoms with Gasteiger partial charge in [0.1, 0.15) is 0 Å². The highest BCUT2D eigenvalue weighted by Gasteiger charge is 2.24. The third-order valence-electron chi connectivity index (χ3n) is 4.54. The van der Waals surface area contributed by atoms with Crippen LogP contribution in [0.5, 0.6) is 0 Å². The molecule has 0 bridgehead atoms. The van der Waals surface area contributed by atoms with Gasteiger partial charge < -0.3 is 5.32 Å². The van der Waals surface area contributed by atoms with Gasteiger partial charge in [-0.2, -0.15) is 5.10 Å². The molecule has 1 fully saturated rings. The molecule has 1 aromatic heterocycles. The Morgan fingerprint density at radius 3 is 2.68 bits per heavy atom. The monoisotopic (exact) mass is 263 g/mol. The third-order valence-corrected chi connectivity index (χ3v) is 4.54. The van der Waals surface area contributed by atoms with Crippen LogP contribution in [0.2, 0.25) is 0 Å². The number of hydrogen-bond donors (Lipinski definition) is 1. The van der Waals surface area contributed by atoms with Crippen LogP contribution in [-0.2, 0) is 13.0 Å². The van der Waals surface area contributed by atoms with E-state index in [9.17, 15) is 0 Å². The summed E-state index contributed by atoms with van der Waals surface area (Å²) >= 11 is 0. The van der Waals surface area contributed by atoms with Crippen molar-refractivity contribution in [2.75, 3.05) is 13.6 Å². The van der Waals surface area contributed by atoms with E-state index in [0.29, 0.717) is 0 Å². The maximum absolute atomic E-state index is 4.59. The molecular weight excluding hydrogens is 234 g/mol. The third kappa shape index (κ3) is 3.82. The molecule has 1 N–H and O–H groups in total. The van der Waals surface area contributed by atoms with E-state index < -0.39 is 0 Å². The molecule has 108 valence electrons. The average Bonchev–Trinajstić information content (AvgIpc) is 2.60. The minimum atomic E-state index is 0.830. The van der Waals surface area contributed by atoms with Crippen LogP contribution in [0, 0.1) is 18.8 Å². The van der Waals surface area contributed by atoms with Crippen molar-refractivity contribution in [2.24, 2.45) is 11.8 Å². The quantitative estimate of drug-likeness (QED) is 0.827. The second kappa shape index (κ2) is 7.09. The Hall–Kier alpha value is -0.830. The van der Waals surface area contributed by atoms with Gasteiger partial charge in [0.25, 0.3) is 0 Å². The van der Waals surface area contributed by atoms with Gasteiger partial charge in [-0.25, -0.2) is 0 Å². The summed E-state index contributed by atoms with van der Waals surface area (Å²) in [5.74, 6) is 1.67. The van der Waals surface area contributed by atoms with E-state index in [4.69, 9.17) is 0 Å². The Bertz CT molecular complexity index is 383. The van der Waals surface area contributed by atoms with E-state index in [1.807, 2.05) is 0 Å². The molecule has 1 heterocycles. The molecule has 1 aliphatic rings. The predicted octanol–water partition coefficient (Wildman–Crippen LogP) is 3.17. The van der Waals surface area contributed by atoms with Crippen molar-refractivity contribution in [1.29, 1.82) is 0 Å². The Labute approximate surface area is 117 Å². The molecular formula is C16H29N3. The molecule has 2 rings (SSSR count). The van der Waals surface area contributed by atoms with Crippen LogP contribution < -0.4 is 5.32 Å². The van der Waals surface area contributed by atoms with Gasteiger partial charge in [0, 0.05) is 12.2 Å². The van der Waals surface area contributed by atoms with Crippen LogP contribution in [-0.4, -0.2) is 23.4 Å². The molecule has 1 aliphatic carbocycles. The molecule has 2 unspecified atom stereocenters. The smallest absolute Gasteiger partial charge is 0.0596 e. The van der Waals surface area contributed by atoms with Gasteiger partial charge in [0.05, 0.1) is 5.69 Å². The second-order valence-electron chi connectivity index (χ2n) is 6.01. The van der Waals surface area contributed by atoms with Crippen LogP contribution in [0.15, 0.2) is 6.07 Å². The van der Waals surface area contributed by atoms with Crippen LogP contribution in [0.4, 0.5) is 0 Å². The molecule has 2 atom stereocenters. The first-order valence-corrected chi connectivity index (χ1v) is 7.92. The highest BCUT2D eigenvalue weighted by Crippen LogP contribution is 2.31. The SMILES string of the molecule is CCn1nc(C)cc1CC1CCCCCC1CNC. The zero-order valence-electron chi connectivity index (χ0n) is 12.8. The van der Waals surface area contributed by atoms with E-state index in [2.05, 4.69) is 42.1 Å². The van der Waals surface area contributed by atoms with Crippen molar-refractivity contribution in [3.05, 3.63) is 17.5 Å². The van der Waals surface area contributed by atoms with Gasteiger partial charge in [0.15, 0.2) is 0 Å². The van der Waals surface area contributed by atoms with Crippen molar-refractivity contribution in [1.82, 2.24) is 15.1 Å². The standard InChI is InChI=1S/C16H29N3/c1-4-19-16(10-13(2)18-19)11-14-8-6-5-7-9-15(14)12-17-3/h10,14-15,17H,4-9,11-12H2,1-3H3. The molecule has 1 aromatic rings. The van der Waals surface area contributed by atoms with E-state index in [1.165, 1.54) is 50.8 Å². The zero-order chi connectivity index (χ0) is 13.7. The summed E-state index contributed by atoms with van der Waals surface area (Å²) in [6, 6.07) is 2.28. The van der Waals surface area contributed by atoms with Gasteiger partial charge >= 0.3 is 0 Å². The van der Waals surface area contributed by atoms with Crippen molar-refractivity contribution < 1.29 is 0 Å². The van der Waals surface area contributed by atoms with Gasteiger partial charge in [0.2, 0.25) is 0 Å². The van der Waals surface area contributed by atoms with Crippen LogP contribution in [0.1, 0.15) is 50.4 Å². The number of nitrogens with zero attached hydrogens (tertiary/aromatic N) is 2. The summed E-state index contributed by atoms with van der Waals surface area (Å²) < 4.78 is 2.19. The largest absolute Gasteiger partial charge is 0.319 e. The molecule has 0 amide bonds. The number of aromatic nitrogens is 2. The Balaban J connectivity index is 2.08. The Morgan fingerprint density at radius 1 is 1.26 bits per heavy atom. The summed E-state index contributed by atoms with van der Waals surface area (Å²) in [6.45, 7) is 6.46. The molecule has 3 nitrogen and oxygen atoms in total. The summed E-state index contributed by atoms with van der Waals surface area (Å²) in [6.07, 6.45) is 8.23. The molecule has 0 spiro atoms. The van der Waals surface area contributed by atoms with Crippen molar-refractivity contribution in [3.63, 3.8) is 0 Å². The molecule has 0 saturated heterocycles. The summed E-state index contributed by atoms with van der Waals surface area (Å²) in [4.78, 5) is 0. The fourth-order valence-corrected chi connectivity index (χ4v) is 3.57. The lowest BCUT2D eigenvalue weighted by Crippen LogP contribution is -2.27. The normalized spacial score (nSPS) is 24.4. The zero-order valence-corrected chi connectivity index (χ0v) is 12.8. The Kier molecular flexibility index (Phi) is 5.44. The minimum Gasteiger partial charge on any atom is -0.319 e. The number of rotatable bonds is 5. The summed E-state index contributed by atoms with van der Waals surface area (Å²) in [5, 5.41) is 7.98. The second-order valence-corrected chi connectivity index (χ2v) is 6.01. The van der Waals surface area contributed by atoms with Crippen molar-refractivity contribution in [2.45, 2.75) is 58.9 Å². The number of hydrogen-bond acceptors (Lipinski definition) is 2. The van der Waals surface area contributed by atoms with Gasteiger partial charge in [-0.15, -0.1) is 0 Å². The Morgan fingerprint density at radius 2 is 2.00 bits per heavy atom. The van der Waals surface area contributed by atoms with Crippen molar-refractivity contribution >= 4 is 0 Å². The summed E-state index contributed by atoms with van der Waals surface area (Å²) in [7, 11) is 2.09. The van der Waals surface area contributed by atoms with E-state index in [-0.39, 0.29) is 0 Å². The predicted molar refractivity (Wildman–Crippen MR) is 80.3 cm³/mol. The van der Waals surface area contributed by atoms with E-state index in [0.717, 1.165) is 24.1 Å².